The smallest absolute Gasteiger partial charge is 0.354 e. The van der Waals surface area contributed by atoms with Gasteiger partial charge >= 0.3 is 5.97 Å². The molecule has 1 aromatic rings. The number of halogens is 1. The molecule has 3 rings (SSSR count). The third kappa shape index (κ3) is 2.96. The second-order valence-corrected chi connectivity index (χ2v) is 6.74. The normalized spacial score (nSPS) is 21.1. The SMILES string of the molecule is CCCC1(CC)NC(C=O)=C(C(=O)O)N1Cc1cc2c(cc1Cl)OCO2. The number of allylic oxidation sites excluding steroid dienone is 1. The number of aliphatic carboxylic acids is 1. The van der Waals surface area contributed by atoms with Gasteiger partial charge in [0.1, 0.15) is 11.4 Å². The van der Waals surface area contributed by atoms with Crippen LogP contribution in [0.2, 0.25) is 5.02 Å². The molecule has 26 heavy (non-hydrogen) atoms. The Hall–Kier alpha value is -2.41. The molecule has 2 heterocycles. The monoisotopic (exact) mass is 380 g/mol. The predicted molar refractivity (Wildman–Crippen MR) is 94.9 cm³/mol. The van der Waals surface area contributed by atoms with Gasteiger partial charge in [0.05, 0.1) is 0 Å². The van der Waals surface area contributed by atoms with Gasteiger partial charge in [-0.05, 0) is 24.5 Å². The van der Waals surface area contributed by atoms with E-state index in [0.29, 0.717) is 41.2 Å². The molecular formula is C18H21ClN2O5. The summed E-state index contributed by atoms with van der Waals surface area (Å²) >= 11 is 6.38. The maximum Gasteiger partial charge on any atom is 0.354 e. The van der Waals surface area contributed by atoms with E-state index in [1.165, 1.54) is 0 Å². The minimum atomic E-state index is -1.15. The Balaban J connectivity index is 2.04. The Morgan fingerprint density at radius 3 is 2.65 bits per heavy atom. The number of ether oxygens (including phenoxy) is 2. The Bertz CT molecular complexity index is 779. The van der Waals surface area contributed by atoms with Crippen LogP contribution in [0.15, 0.2) is 23.5 Å². The lowest BCUT2D eigenvalue weighted by molar-refractivity contribution is -0.135. The Morgan fingerprint density at radius 1 is 1.38 bits per heavy atom. The molecule has 140 valence electrons. The second kappa shape index (κ2) is 7.07. The molecule has 2 aliphatic rings. The lowest BCUT2D eigenvalue weighted by Crippen LogP contribution is -2.52. The van der Waals surface area contributed by atoms with E-state index in [0.717, 1.165) is 6.42 Å². The lowest BCUT2D eigenvalue weighted by Gasteiger charge is -2.40. The summed E-state index contributed by atoms with van der Waals surface area (Å²) in [5, 5.41) is 13.3. The standard InChI is InChI=1S/C18H21ClN2O5/c1-3-5-18(4-2)20-13(9-22)16(17(23)24)21(18)8-11-6-14-15(7-12(11)19)26-10-25-14/h6-7,9,20H,3-5,8,10H2,1-2H3,(H,23,24). The number of aldehydes is 1. The molecule has 0 aliphatic carbocycles. The summed E-state index contributed by atoms with van der Waals surface area (Å²) in [7, 11) is 0. The summed E-state index contributed by atoms with van der Waals surface area (Å²) in [4.78, 5) is 25.1. The van der Waals surface area contributed by atoms with Gasteiger partial charge in [0.25, 0.3) is 0 Å². The van der Waals surface area contributed by atoms with Crippen molar-refractivity contribution in [2.75, 3.05) is 6.79 Å². The highest BCUT2D eigenvalue weighted by atomic mass is 35.5. The number of carbonyl (C=O) groups is 2. The summed E-state index contributed by atoms with van der Waals surface area (Å²) < 4.78 is 10.7. The highest BCUT2D eigenvalue weighted by Crippen LogP contribution is 2.40. The van der Waals surface area contributed by atoms with Crippen molar-refractivity contribution < 1.29 is 24.2 Å². The maximum absolute atomic E-state index is 11.9. The third-order valence-electron chi connectivity index (χ3n) is 4.85. The molecular weight excluding hydrogens is 360 g/mol. The number of rotatable bonds is 7. The molecule has 2 aliphatic heterocycles. The molecule has 1 aromatic carbocycles. The van der Waals surface area contributed by atoms with Gasteiger partial charge in [-0.2, -0.15) is 0 Å². The number of nitrogens with one attached hydrogen (secondary N) is 1. The first kappa shape index (κ1) is 18.4. The molecule has 0 amide bonds. The predicted octanol–water partition coefficient (Wildman–Crippen LogP) is 2.88. The van der Waals surface area contributed by atoms with Crippen molar-refractivity contribution in [1.82, 2.24) is 10.2 Å². The third-order valence-corrected chi connectivity index (χ3v) is 5.20. The summed E-state index contributed by atoms with van der Waals surface area (Å²) in [6, 6.07) is 3.43. The summed E-state index contributed by atoms with van der Waals surface area (Å²) in [5.74, 6) is -0.00954. The van der Waals surface area contributed by atoms with Crippen LogP contribution in [0.25, 0.3) is 0 Å². The van der Waals surface area contributed by atoms with Gasteiger partial charge in [-0.3, -0.25) is 4.79 Å². The minimum absolute atomic E-state index is 0.0379. The molecule has 1 atom stereocenters. The molecule has 0 radical (unpaired) electrons. The lowest BCUT2D eigenvalue weighted by atomic mass is 9.98. The Morgan fingerprint density at radius 2 is 2.08 bits per heavy atom. The first-order valence-electron chi connectivity index (χ1n) is 8.52. The van der Waals surface area contributed by atoms with Crippen molar-refractivity contribution in [1.29, 1.82) is 0 Å². The zero-order chi connectivity index (χ0) is 18.9. The Labute approximate surface area is 156 Å². The zero-order valence-corrected chi connectivity index (χ0v) is 15.4. The van der Waals surface area contributed by atoms with E-state index in [1.807, 2.05) is 13.8 Å². The first-order chi connectivity index (χ1) is 12.5. The highest BCUT2D eigenvalue weighted by molar-refractivity contribution is 6.31. The van der Waals surface area contributed by atoms with Crippen molar-refractivity contribution in [3.05, 3.63) is 34.1 Å². The minimum Gasteiger partial charge on any atom is -0.477 e. The largest absolute Gasteiger partial charge is 0.477 e. The number of hydrogen-bond donors (Lipinski definition) is 2. The van der Waals surface area contributed by atoms with Gasteiger partial charge in [0, 0.05) is 17.6 Å². The maximum atomic E-state index is 11.9. The molecule has 1 unspecified atom stereocenters. The van der Waals surface area contributed by atoms with Gasteiger partial charge in [-0.25, -0.2) is 4.79 Å². The number of nitrogens with zero attached hydrogens (tertiary/aromatic N) is 1. The van der Waals surface area contributed by atoms with Crippen molar-refractivity contribution in [3.8, 4) is 11.5 Å². The van der Waals surface area contributed by atoms with Crippen LogP contribution in [0.5, 0.6) is 11.5 Å². The van der Waals surface area contributed by atoms with Crippen molar-refractivity contribution in [2.45, 2.75) is 45.3 Å². The fourth-order valence-electron chi connectivity index (χ4n) is 3.60. The molecule has 8 heteroatoms. The first-order valence-corrected chi connectivity index (χ1v) is 8.90. The molecule has 7 nitrogen and oxygen atoms in total. The topological polar surface area (TPSA) is 88.1 Å². The van der Waals surface area contributed by atoms with Crippen LogP contribution in [0.1, 0.15) is 38.7 Å². The number of benzene rings is 1. The van der Waals surface area contributed by atoms with Gasteiger partial charge in [0.2, 0.25) is 6.79 Å². The van der Waals surface area contributed by atoms with E-state index >= 15 is 0 Å². The summed E-state index contributed by atoms with van der Waals surface area (Å²) in [6.45, 7) is 4.34. The molecule has 0 aromatic heterocycles. The van der Waals surface area contributed by atoms with Crippen molar-refractivity contribution >= 4 is 23.9 Å². The van der Waals surface area contributed by atoms with Crippen LogP contribution in [0, 0.1) is 0 Å². The quantitative estimate of drug-likeness (QED) is 0.703. The zero-order valence-electron chi connectivity index (χ0n) is 14.7. The molecule has 0 bridgehead atoms. The van der Waals surface area contributed by atoms with Crippen LogP contribution < -0.4 is 14.8 Å². The molecule has 0 fully saturated rings. The molecule has 0 saturated carbocycles. The number of fused-ring (bicyclic) bond motifs is 1. The number of hydrogen-bond acceptors (Lipinski definition) is 6. The van der Waals surface area contributed by atoms with E-state index in [9.17, 15) is 14.7 Å². The van der Waals surface area contributed by atoms with Gasteiger partial charge in [-0.15, -0.1) is 0 Å². The summed E-state index contributed by atoms with van der Waals surface area (Å²) in [5.41, 5.74) is 0.101. The van der Waals surface area contributed by atoms with Crippen LogP contribution in [0.4, 0.5) is 0 Å². The van der Waals surface area contributed by atoms with Crippen molar-refractivity contribution in [3.63, 3.8) is 0 Å². The van der Waals surface area contributed by atoms with Gasteiger partial charge in [-0.1, -0.05) is 31.9 Å². The number of carbonyl (C=O) groups excluding carboxylic acids is 1. The fourth-order valence-corrected chi connectivity index (χ4v) is 3.81. The average molecular weight is 381 g/mol. The van der Waals surface area contributed by atoms with E-state index < -0.39 is 11.6 Å². The van der Waals surface area contributed by atoms with E-state index in [4.69, 9.17) is 21.1 Å². The fraction of sp³-hybridized carbons (Fsp3) is 0.444. The number of carboxylic acid groups (broad SMARTS) is 1. The molecule has 0 saturated heterocycles. The van der Waals surface area contributed by atoms with Gasteiger partial charge in [0.15, 0.2) is 23.5 Å². The average Bonchev–Trinajstić information content (AvgIpc) is 3.18. The van der Waals surface area contributed by atoms with Crippen molar-refractivity contribution in [2.24, 2.45) is 0 Å². The molecule has 2 N–H and O–H groups in total. The van der Waals surface area contributed by atoms with E-state index in [1.54, 1.807) is 17.0 Å². The highest BCUT2D eigenvalue weighted by Gasteiger charge is 2.45. The van der Waals surface area contributed by atoms with Gasteiger partial charge < -0.3 is 24.8 Å². The Kier molecular flexibility index (Phi) is 5.00. The van der Waals surface area contributed by atoms with Crippen LogP contribution in [0.3, 0.4) is 0 Å². The number of carboxylic acids is 1. The van der Waals surface area contributed by atoms with E-state index in [-0.39, 0.29) is 24.7 Å². The summed E-state index contributed by atoms with van der Waals surface area (Å²) in [6.07, 6.45) is 2.69. The van der Waals surface area contributed by atoms with Crippen LogP contribution in [-0.4, -0.2) is 34.7 Å². The van der Waals surface area contributed by atoms with Crippen LogP contribution in [-0.2, 0) is 16.1 Å². The second-order valence-electron chi connectivity index (χ2n) is 6.33. The van der Waals surface area contributed by atoms with Crippen LogP contribution >= 0.6 is 11.6 Å². The van der Waals surface area contributed by atoms with E-state index in [2.05, 4.69) is 5.32 Å². The molecule has 0 spiro atoms.